The van der Waals surface area contributed by atoms with Crippen LogP contribution in [0.4, 0.5) is 0 Å². The second-order valence-corrected chi connectivity index (χ2v) is 5.05. The monoisotopic (exact) mass is 289 g/mol. The molecule has 3 aromatic rings. The topological polar surface area (TPSA) is 31.2 Å². The average Bonchev–Trinajstić information content (AvgIpc) is 2.96. The van der Waals surface area contributed by atoms with Gasteiger partial charge in [0.1, 0.15) is 0 Å². The third-order valence-electron chi connectivity index (χ3n) is 3.64. The summed E-state index contributed by atoms with van der Waals surface area (Å²) in [5.41, 5.74) is 3.53. The highest BCUT2D eigenvalue weighted by Gasteiger charge is 2.09. The van der Waals surface area contributed by atoms with E-state index in [4.69, 9.17) is 11.2 Å². The zero-order chi connectivity index (χ0) is 15.5. The van der Waals surface area contributed by atoms with Gasteiger partial charge in [-0.2, -0.15) is 0 Å². The summed E-state index contributed by atoms with van der Waals surface area (Å²) in [6.07, 6.45) is 7.45. The molecule has 3 heteroatoms. The van der Waals surface area contributed by atoms with Gasteiger partial charge in [0.15, 0.2) is 0 Å². The molecule has 0 aliphatic heterocycles. The largest absolute Gasteiger partial charge is 0.465 e. The van der Waals surface area contributed by atoms with Gasteiger partial charge in [0.05, 0.1) is 12.7 Å². The summed E-state index contributed by atoms with van der Waals surface area (Å²) in [7, 11) is 1.39. The zero-order valence-electron chi connectivity index (χ0n) is 12.2. The number of esters is 1. The number of aromatic nitrogens is 1. The first-order valence-corrected chi connectivity index (χ1v) is 6.94. The van der Waals surface area contributed by atoms with Crippen LogP contribution < -0.4 is 0 Å². The predicted octanol–water partition coefficient (Wildman–Crippen LogP) is 3.46. The lowest BCUT2D eigenvalue weighted by atomic mass is 10.1. The molecule has 0 unspecified atom stereocenters. The SMILES string of the molecule is C#Cc1cccc(Cn2ccc3ccc(C(=O)OC)cc32)c1. The van der Waals surface area contributed by atoms with Gasteiger partial charge in [-0.15, -0.1) is 6.42 Å². The molecule has 0 saturated carbocycles. The highest BCUT2D eigenvalue weighted by atomic mass is 16.5. The molecule has 0 N–H and O–H groups in total. The number of hydrogen-bond acceptors (Lipinski definition) is 2. The van der Waals surface area contributed by atoms with Crippen LogP contribution in [0.15, 0.2) is 54.7 Å². The first-order valence-electron chi connectivity index (χ1n) is 6.94. The minimum atomic E-state index is -0.330. The van der Waals surface area contributed by atoms with Crippen molar-refractivity contribution in [3.05, 3.63) is 71.4 Å². The Hall–Kier alpha value is -2.99. The van der Waals surface area contributed by atoms with Crippen molar-refractivity contribution in [2.75, 3.05) is 7.11 Å². The summed E-state index contributed by atoms with van der Waals surface area (Å²) >= 11 is 0. The van der Waals surface area contributed by atoms with E-state index in [1.165, 1.54) is 7.11 Å². The van der Waals surface area contributed by atoms with E-state index in [-0.39, 0.29) is 5.97 Å². The van der Waals surface area contributed by atoms with Gasteiger partial charge in [0.2, 0.25) is 0 Å². The molecule has 0 atom stereocenters. The maximum atomic E-state index is 11.7. The van der Waals surface area contributed by atoms with E-state index in [2.05, 4.69) is 10.5 Å². The van der Waals surface area contributed by atoms with Crippen molar-refractivity contribution in [1.82, 2.24) is 4.57 Å². The molecule has 3 rings (SSSR count). The van der Waals surface area contributed by atoms with Crippen molar-refractivity contribution >= 4 is 16.9 Å². The van der Waals surface area contributed by atoms with Crippen LogP contribution in [0.2, 0.25) is 0 Å². The molecule has 1 heterocycles. The highest BCUT2D eigenvalue weighted by molar-refractivity contribution is 5.94. The number of ether oxygens (including phenoxy) is 1. The Balaban J connectivity index is 2.00. The predicted molar refractivity (Wildman–Crippen MR) is 86.8 cm³/mol. The maximum absolute atomic E-state index is 11.7. The smallest absolute Gasteiger partial charge is 0.337 e. The van der Waals surface area contributed by atoms with Crippen molar-refractivity contribution in [3.63, 3.8) is 0 Å². The first-order chi connectivity index (χ1) is 10.7. The number of carbonyl (C=O) groups excluding carboxylic acids is 1. The molecular formula is C19H15NO2. The Kier molecular flexibility index (Phi) is 3.67. The van der Waals surface area contributed by atoms with Gasteiger partial charge >= 0.3 is 5.97 Å². The molecule has 0 spiro atoms. The third-order valence-corrected chi connectivity index (χ3v) is 3.64. The second kappa shape index (κ2) is 5.79. The van der Waals surface area contributed by atoms with E-state index in [1.54, 1.807) is 6.07 Å². The van der Waals surface area contributed by atoms with Crippen LogP contribution in [0.5, 0.6) is 0 Å². The number of rotatable bonds is 3. The number of hydrogen-bond donors (Lipinski definition) is 0. The third kappa shape index (κ3) is 2.59. The van der Waals surface area contributed by atoms with Gasteiger partial charge in [0, 0.05) is 23.8 Å². The van der Waals surface area contributed by atoms with Crippen LogP contribution in [0.3, 0.4) is 0 Å². The van der Waals surface area contributed by atoms with Crippen LogP contribution in [0, 0.1) is 12.3 Å². The lowest BCUT2D eigenvalue weighted by Gasteiger charge is -2.07. The molecular weight excluding hydrogens is 274 g/mol. The summed E-state index contributed by atoms with van der Waals surface area (Å²) < 4.78 is 6.87. The van der Waals surface area contributed by atoms with Gasteiger partial charge in [-0.1, -0.05) is 24.1 Å². The van der Waals surface area contributed by atoms with Crippen LogP contribution in [-0.2, 0) is 11.3 Å². The summed E-state index contributed by atoms with van der Waals surface area (Å²) in [6.45, 7) is 0.698. The number of benzene rings is 2. The maximum Gasteiger partial charge on any atom is 0.337 e. The van der Waals surface area contributed by atoms with Gasteiger partial charge in [-0.25, -0.2) is 4.79 Å². The van der Waals surface area contributed by atoms with Crippen molar-refractivity contribution in [2.45, 2.75) is 6.54 Å². The fourth-order valence-corrected chi connectivity index (χ4v) is 2.52. The fourth-order valence-electron chi connectivity index (χ4n) is 2.52. The van der Waals surface area contributed by atoms with Crippen LogP contribution in [-0.4, -0.2) is 17.6 Å². The fraction of sp³-hybridized carbons (Fsp3) is 0.105. The molecule has 22 heavy (non-hydrogen) atoms. The summed E-state index contributed by atoms with van der Waals surface area (Å²) in [4.78, 5) is 11.7. The number of terminal acetylenes is 1. The van der Waals surface area contributed by atoms with E-state index in [0.29, 0.717) is 12.1 Å². The second-order valence-electron chi connectivity index (χ2n) is 5.05. The van der Waals surface area contributed by atoms with Crippen molar-refractivity contribution in [2.24, 2.45) is 0 Å². The summed E-state index contributed by atoms with van der Waals surface area (Å²) in [6, 6.07) is 15.5. The van der Waals surface area contributed by atoms with E-state index < -0.39 is 0 Å². The Morgan fingerprint density at radius 1 is 1.23 bits per heavy atom. The molecule has 3 nitrogen and oxygen atoms in total. The average molecular weight is 289 g/mol. The molecule has 0 radical (unpaired) electrons. The van der Waals surface area contributed by atoms with Crippen LogP contribution >= 0.6 is 0 Å². The Bertz CT molecular complexity index is 884. The number of nitrogens with zero attached hydrogens (tertiary/aromatic N) is 1. The minimum Gasteiger partial charge on any atom is -0.465 e. The number of fused-ring (bicyclic) bond motifs is 1. The van der Waals surface area contributed by atoms with Crippen molar-refractivity contribution in [3.8, 4) is 12.3 Å². The molecule has 2 aromatic carbocycles. The molecule has 1 aromatic heterocycles. The molecule has 108 valence electrons. The zero-order valence-corrected chi connectivity index (χ0v) is 12.2. The minimum absolute atomic E-state index is 0.330. The van der Waals surface area contributed by atoms with E-state index in [0.717, 1.165) is 22.0 Å². The van der Waals surface area contributed by atoms with E-state index in [9.17, 15) is 4.79 Å². The van der Waals surface area contributed by atoms with Crippen molar-refractivity contribution < 1.29 is 9.53 Å². The van der Waals surface area contributed by atoms with Gasteiger partial charge < -0.3 is 9.30 Å². The molecule has 0 amide bonds. The lowest BCUT2D eigenvalue weighted by Crippen LogP contribution is -2.02. The Morgan fingerprint density at radius 3 is 2.86 bits per heavy atom. The van der Waals surface area contributed by atoms with E-state index >= 15 is 0 Å². The molecule has 0 fully saturated rings. The Labute approximate surface area is 129 Å². The van der Waals surface area contributed by atoms with Crippen LogP contribution in [0.1, 0.15) is 21.5 Å². The summed E-state index contributed by atoms with van der Waals surface area (Å²) in [5, 5.41) is 1.08. The molecule has 0 aliphatic rings. The lowest BCUT2D eigenvalue weighted by molar-refractivity contribution is 0.0601. The van der Waals surface area contributed by atoms with Crippen LogP contribution in [0.25, 0.3) is 10.9 Å². The number of carbonyl (C=O) groups is 1. The van der Waals surface area contributed by atoms with E-state index in [1.807, 2.05) is 48.7 Å². The van der Waals surface area contributed by atoms with Gasteiger partial charge in [-0.3, -0.25) is 0 Å². The first kappa shape index (κ1) is 14.0. The molecule has 0 aliphatic carbocycles. The Morgan fingerprint density at radius 2 is 2.09 bits per heavy atom. The van der Waals surface area contributed by atoms with Gasteiger partial charge in [-0.05, 0) is 41.3 Å². The quantitative estimate of drug-likeness (QED) is 0.546. The van der Waals surface area contributed by atoms with Crippen molar-refractivity contribution in [1.29, 1.82) is 0 Å². The molecule has 0 bridgehead atoms. The summed E-state index contributed by atoms with van der Waals surface area (Å²) in [5.74, 6) is 2.32. The molecule has 0 saturated heterocycles. The van der Waals surface area contributed by atoms with Gasteiger partial charge in [0.25, 0.3) is 0 Å². The normalized spacial score (nSPS) is 10.4. The number of methoxy groups -OCH3 is 1. The standard InChI is InChI=1S/C19H15NO2/c1-3-14-5-4-6-15(11-14)13-20-10-9-16-7-8-17(12-18(16)20)19(21)22-2/h1,4-12H,13H2,2H3. The highest BCUT2D eigenvalue weighted by Crippen LogP contribution is 2.20.